The van der Waals surface area contributed by atoms with Crippen molar-refractivity contribution < 1.29 is 4.74 Å². The molecule has 0 atom stereocenters. The summed E-state index contributed by atoms with van der Waals surface area (Å²) in [5.74, 6) is 1.15. The monoisotopic (exact) mass is 291 g/mol. The molecule has 1 heterocycles. The van der Waals surface area contributed by atoms with Gasteiger partial charge in [-0.1, -0.05) is 18.5 Å². The van der Waals surface area contributed by atoms with Crippen LogP contribution in [-0.4, -0.2) is 10.2 Å². The first-order chi connectivity index (χ1) is 9.56. The average Bonchev–Trinajstić information content (AvgIpc) is 2.45. The van der Waals surface area contributed by atoms with Crippen molar-refractivity contribution in [3.05, 3.63) is 45.6 Å². The van der Waals surface area contributed by atoms with Crippen molar-refractivity contribution >= 4 is 11.6 Å². The van der Waals surface area contributed by atoms with E-state index >= 15 is 0 Å². The fraction of sp³-hybridized carbons (Fsp3) is 0.333. The number of halogens is 1. The van der Waals surface area contributed by atoms with Crippen molar-refractivity contribution in [2.75, 3.05) is 0 Å². The van der Waals surface area contributed by atoms with Gasteiger partial charge in [0.15, 0.2) is 0 Å². The lowest BCUT2D eigenvalue weighted by Gasteiger charge is -2.12. The standard InChI is InChI=1S/C15H18ClN3O/c1-4-11-7-12(5-6-14(11)16)20-15-13(8-17)9(2)10(3)18-19-15/h5-7H,4,8,17H2,1-3H3. The second-order valence-corrected chi connectivity index (χ2v) is 5.01. The summed E-state index contributed by atoms with van der Waals surface area (Å²) in [4.78, 5) is 0. The van der Waals surface area contributed by atoms with E-state index in [1.807, 2.05) is 39.0 Å². The Labute approximate surface area is 123 Å². The molecule has 20 heavy (non-hydrogen) atoms. The Hall–Kier alpha value is -1.65. The summed E-state index contributed by atoms with van der Waals surface area (Å²) in [6.45, 7) is 6.29. The highest BCUT2D eigenvalue weighted by Crippen LogP contribution is 2.28. The van der Waals surface area contributed by atoms with E-state index in [0.29, 0.717) is 18.2 Å². The first-order valence-corrected chi connectivity index (χ1v) is 6.93. The van der Waals surface area contributed by atoms with E-state index in [2.05, 4.69) is 10.2 Å². The zero-order valence-electron chi connectivity index (χ0n) is 11.9. The Morgan fingerprint density at radius 3 is 2.65 bits per heavy atom. The molecule has 0 aliphatic carbocycles. The largest absolute Gasteiger partial charge is 0.437 e. The third-order valence-corrected chi connectivity index (χ3v) is 3.73. The number of nitrogens with two attached hydrogens (primary N) is 1. The summed E-state index contributed by atoms with van der Waals surface area (Å²) in [5.41, 5.74) is 9.58. The molecule has 0 spiro atoms. The molecule has 0 amide bonds. The molecule has 2 rings (SSSR count). The Morgan fingerprint density at radius 2 is 2.00 bits per heavy atom. The Balaban J connectivity index is 2.37. The summed E-state index contributed by atoms with van der Waals surface area (Å²) in [6.07, 6.45) is 0.846. The van der Waals surface area contributed by atoms with Gasteiger partial charge in [0.1, 0.15) is 5.75 Å². The van der Waals surface area contributed by atoms with Crippen LogP contribution in [0.5, 0.6) is 11.6 Å². The molecule has 4 nitrogen and oxygen atoms in total. The van der Waals surface area contributed by atoms with Crippen molar-refractivity contribution in [1.82, 2.24) is 10.2 Å². The number of rotatable bonds is 4. The molecule has 2 aromatic rings. The van der Waals surface area contributed by atoms with Gasteiger partial charge in [-0.3, -0.25) is 0 Å². The predicted molar refractivity (Wildman–Crippen MR) is 80.3 cm³/mol. The minimum absolute atomic E-state index is 0.367. The van der Waals surface area contributed by atoms with Gasteiger partial charge >= 0.3 is 0 Å². The van der Waals surface area contributed by atoms with Crippen molar-refractivity contribution in [1.29, 1.82) is 0 Å². The highest BCUT2D eigenvalue weighted by molar-refractivity contribution is 6.31. The zero-order valence-corrected chi connectivity index (χ0v) is 12.7. The van der Waals surface area contributed by atoms with Gasteiger partial charge in [0.2, 0.25) is 5.88 Å². The molecule has 1 aromatic carbocycles. The van der Waals surface area contributed by atoms with E-state index in [4.69, 9.17) is 22.1 Å². The van der Waals surface area contributed by atoms with Crippen LogP contribution in [0.3, 0.4) is 0 Å². The van der Waals surface area contributed by atoms with Gasteiger partial charge < -0.3 is 10.5 Å². The highest BCUT2D eigenvalue weighted by atomic mass is 35.5. The van der Waals surface area contributed by atoms with Crippen molar-refractivity contribution in [3.63, 3.8) is 0 Å². The van der Waals surface area contributed by atoms with Gasteiger partial charge in [-0.15, -0.1) is 5.10 Å². The summed E-state index contributed by atoms with van der Waals surface area (Å²) in [6, 6.07) is 5.56. The fourth-order valence-corrected chi connectivity index (χ4v) is 2.21. The molecule has 0 bridgehead atoms. The highest BCUT2D eigenvalue weighted by Gasteiger charge is 2.12. The number of aromatic nitrogens is 2. The number of hydrogen-bond donors (Lipinski definition) is 1. The maximum atomic E-state index is 6.10. The van der Waals surface area contributed by atoms with Gasteiger partial charge in [0.25, 0.3) is 0 Å². The van der Waals surface area contributed by atoms with Gasteiger partial charge in [-0.2, -0.15) is 5.10 Å². The first kappa shape index (κ1) is 14.8. The SMILES string of the molecule is CCc1cc(Oc2nnc(C)c(C)c2CN)ccc1Cl. The van der Waals surface area contributed by atoms with Crippen LogP contribution in [0.25, 0.3) is 0 Å². The molecule has 0 fully saturated rings. The molecular formula is C15H18ClN3O. The number of ether oxygens (including phenoxy) is 1. The minimum Gasteiger partial charge on any atom is -0.437 e. The van der Waals surface area contributed by atoms with E-state index < -0.39 is 0 Å². The molecule has 0 unspecified atom stereocenters. The molecule has 0 aliphatic rings. The maximum Gasteiger partial charge on any atom is 0.243 e. The molecule has 0 radical (unpaired) electrons. The molecule has 1 aromatic heterocycles. The maximum absolute atomic E-state index is 6.10. The number of nitrogens with zero attached hydrogens (tertiary/aromatic N) is 2. The number of aryl methyl sites for hydroxylation is 2. The lowest BCUT2D eigenvalue weighted by atomic mass is 10.1. The molecule has 0 aliphatic heterocycles. The Morgan fingerprint density at radius 1 is 1.25 bits per heavy atom. The lowest BCUT2D eigenvalue weighted by molar-refractivity contribution is 0.446. The second-order valence-electron chi connectivity index (χ2n) is 4.61. The van der Waals surface area contributed by atoms with Gasteiger partial charge in [0.05, 0.1) is 5.69 Å². The number of benzene rings is 1. The molecule has 5 heteroatoms. The third-order valence-electron chi connectivity index (χ3n) is 3.36. The van der Waals surface area contributed by atoms with Gasteiger partial charge in [-0.25, -0.2) is 0 Å². The molecular weight excluding hydrogens is 274 g/mol. The Kier molecular flexibility index (Phi) is 4.57. The van der Waals surface area contributed by atoms with Crippen LogP contribution >= 0.6 is 11.6 Å². The summed E-state index contributed by atoms with van der Waals surface area (Å²) >= 11 is 6.10. The second kappa shape index (κ2) is 6.20. The van der Waals surface area contributed by atoms with E-state index in [-0.39, 0.29) is 0 Å². The normalized spacial score (nSPS) is 10.7. The van der Waals surface area contributed by atoms with Crippen LogP contribution in [0.2, 0.25) is 5.02 Å². The molecule has 0 saturated heterocycles. The van der Waals surface area contributed by atoms with Crippen LogP contribution < -0.4 is 10.5 Å². The van der Waals surface area contributed by atoms with E-state index in [0.717, 1.165) is 33.8 Å². The summed E-state index contributed by atoms with van der Waals surface area (Å²) in [7, 11) is 0. The molecule has 0 saturated carbocycles. The van der Waals surface area contributed by atoms with E-state index in [9.17, 15) is 0 Å². The lowest BCUT2D eigenvalue weighted by Crippen LogP contribution is -2.07. The molecule has 106 valence electrons. The van der Waals surface area contributed by atoms with Crippen LogP contribution in [0.15, 0.2) is 18.2 Å². The predicted octanol–water partition coefficient (Wildman–Crippen LogP) is 3.56. The summed E-state index contributed by atoms with van der Waals surface area (Å²) < 4.78 is 5.82. The smallest absolute Gasteiger partial charge is 0.243 e. The van der Waals surface area contributed by atoms with Crippen LogP contribution in [0, 0.1) is 13.8 Å². The van der Waals surface area contributed by atoms with Crippen molar-refractivity contribution in [2.24, 2.45) is 5.73 Å². The Bertz CT molecular complexity index is 629. The minimum atomic E-state index is 0.367. The average molecular weight is 292 g/mol. The fourth-order valence-electron chi connectivity index (χ4n) is 1.95. The zero-order chi connectivity index (χ0) is 14.7. The molecule has 2 N–H and O–H groups in total. The third kappa shape index (κ3) is 2.92. The summed E-state index contributed by atoms with van der Waals surface area (Å²) in [5, 5.41) is 8.93. The van der Waals surface area contributed by atoms with E-state index in [1.165, 1.54) is 0 Å². The number of hydrogen-bond acceptors (Lipinski definition) is 4. The van der Waals surface area contributed by atoms with Crippen molar-refractivity contribution in [3.8, 4) is 11.6 Å². The first-order valence-electron chi connectivity index (χ1n) is 6.55. The van der Waals surface area contributed by atoms with Crippen molar-refractivity contribution in [2.45, 2.75) is 33.7 Å². The quantitative estimate of drug-likeness (QED) is 0.935. The van der Waals surface area contributed by atoms with Crippen LogP contribution in [0.1, 0.15) is 29.3 Å². The van der Waals surface area contributed by atoms with Crippen LogP contribution in [-0.2, 0) is 13.0 Å². The van der Waals surface area contributed by atoms with Gasteiger partial charge in [0, 0.05) is 17.1 Å². The van der Waals surface area contributed by atoms with E-state index in [1.54, 1.807) is 0 Å². The van der Waals surface area contributed by atoms with Gasteiger partial charge in [-0.05, 0) is 49.6 Å². The van der Waals surface area contributed by atoms with Crippen LogP contribution in [0.4, 0.5) is 0 Å². The topological polar surface area (TPSA) is 61.0 Å².